The van der Waals surface area contributed by atoms with E-state index in [-0.39, 0.29) is 23.7 Å². The Bertz CT molecular complexity index is 1180. The summed E-state index contributed by atoms with van der Waals surface area (Å²) >= 11 is 0. The summed E-state index contributed by atoms with van der Waals surface area (Å²) < 4.78 is 11.9. The molecule has 5 rings (SSSR count). The van der Waals surface area contributed by atoms with E-state index < -0.39 is 59.2 Å². The number of carbonyl (C=O) groups is 3. The predicted octanol–water partition coefficient (Wildman–Crippen LogP) is 2.13. The average molecular weight is 524 g/mol. The van der Waals surface area contributed by atoms with Crippen LogP contribution in [0.25, 0.3) is 0 Å². The Morgan fingerprint density at radius 1 is 1.24 bits per heavy atom. The molecule has 2 aliphatic carbocycles. The summed E-state index contributed by atoms with van der Waals surface area (Å²) in [6.45, 7) is 10.6. The van der Waals surface area contributed by atoms with Gasteiger partial charge in [-0.05, 0) is 36.8 Å². The number of amides is 1. The highest BCUT2D eigenvalue weighted by atomic mass is 16.6. The summed E-state index contributed by atoms with van der Waals surface area (Å²) in [4.78, 5) is 40.0. The molecule has 1 saturated carbocycles. The van der Waals surface area contributed by atoms with Crippen LogP contribution in [0.2, 0.25) is 0 Å². The van der Waals surface area contributed by atoms with Crippen molar-refractivity contribution in [2.75, 3.05) is 0 Å². The van der Waals surface area contributed by atoms with Gasteiger partial charge in [-0.1, -0.05) is 62.9 Å². The van der Waals surface area contributed by atoms with Gasteiger partial charge in [0.25, 0.3) is 0 Å². The van der Waals surface area contributed by atoms with Gasteiger partial charge in [0.15, 0.2) is 5.78 Å². The molecule has 1 aromatic carbocycles. The van der Waals surface area contributed by atoms with Gasteiger partial charge in [-0.25, -0.2) is 0 Å². The normalized spacial score (nSPS) is 44.3. The minimum absolute atomic E-state index is 0.302. The molecule has 1 aromatic rings. The molecular formula is C30H37NO7. The molecule has 2 aliphatic heterocycles. The quantitative estimate of drug-likeness (QED) is 0.315. The Balaban J connectivity index is 1.70. The first-order chi connectivity index (χ1) is 17.9. The SMILES string of the molecule is C=C1[C@@H](C)[C@H]2[C@H](Cc3ccccc3)NC(=O)[C@]23[C@H](OC(C)=O)[C@H]2O[C@@H]2[C@@](C)(O)C(=O)[C@@H](C)CC=C[C@H]3[C@@H]1O. The third kappa shape index (κ3) is 3.96. The van der Waals surface area contributed by atoms with Crippen LogP contribution in [-0.2, 0) is 30.3 Å². The smallest absolute Gasteiger partial charge is 0.303 e. The maximum absolute atomic E-state index is 14.3. The molecule has 11 atom stereocenters. The van der Waals surface area contributed by atoms with Gasteiger partial charge < -0.3 is 25.0 Å². The van der Waals surface area contributed by atoms with Gasteiger partial charge in [-0.15, -0.1) is 0 Å². The van der Waals surface area contributed by atoms with Gasteiger partial charge >= 0.3 is 5.97 Å². The molecule has 0 radical (unpaired) electrons. The molecule has 2 heterocycles. The number of Topliss-reactive ketones (excluding diaryl/α,β-unsaturated/α-hetero) is 1. The molecule has 38 heavy (non-hydrogen) atoms. The highest BCUT2D eigenvalue weighted by Crippen LogP contribution is 2.61. The number of carbonyl (C=O) groups excluding carboxylic acids is 3. The fourth-order valence-corrected chi connectivity index (χ4v) is 7.41. The largest absolute Gasteiger partial charge is 0.458 e. The highest BCUT2D eigenvalue weighted by molar-refractivity contribution is 5.91. The highest BCUT2D eigenvalue weighted by Gasteiger charge is 2.74. The van der Waals surface area contributed by atoms with Crippen LogP contribution in [-0.4, -0.2) is 63.9 Å². The Labute approximate surface area is 223 Å². The zero-order valence-electron chi connectivity index (χ0n) is 22.3. The Morgan fingerprint density at radius 2 is 1.92 bits per heavy atom. The first-order valence-corrected chi connectivity index (χ1v) is 13.4. The number of ketones is 1. The van der Waals surface area contributed by atoms with Crippen molar-refractivity contribution in [1.82, 2.24) is 5.32 Å². The number of aliphatic hydroxyl groups excluding tert-OH is 1. The standard InChI is InChI=1S/C30H37NO7/c1-15-10-9-13-20-23(33)17(3)16(2)22-21(14-19-11-7-6-8-12-19)31-28(35)30(20,22)27(37-18(4)32)24-26(38-24)29(5,36)25(15)34/h6-9,11-13,15-16,20-24,26-27,33,36H,3,10,14H2,1-2,4-5H3,(H,31,35)/t15-,16+,20-,21-,22-,23+,24-,26-,27+,29-,30-/m0/s1. The van der Waals surface area contributed by atoms with Gasteiger partial charge in [-0.2, -0.15) is 0 Å². The van der Waals surface area contributed by atoms with Crippen molar-refractivity contribution in [3.05, 3.63) is 60.2 Å². The third-order valence-electron chi connectivity index (χ3n) is 9.31. The van der Waals surface area contributed by atoms with Crippen molar-refractivity contribution in [3.63, 3.8) is 0 Å². The number of allylic oxidation sites excluding steroid dienone is 1. The fraction of sp³-hybridized carbons (Fsp3) is 0.567. The molecule has 0 bridgehead atoms. The minimum Gasteiger partial charge on any atom is -0.458 e. The van der Waals surface area contributed by atoms with Crippen LogP contribution in [0.3, 0.4) is 0 Å². The molecule has 0 aromatic heterocycles. The first kappa shape index (κ1) is 26.8. The summed E-state index contributed by atoms with van der Waals surface area (Å²) in [6, 6.07) is 9.48. The number of rotatable bonds is 3. The second-order valence-electron chi connectivity index (χ2n) is 11.7. The number of nitrogens with one attached hydrogen (secondary N) is 1. The number of hydrogen-bond acceptors (Lipinski definition) is 7. The number of ether oxygens (including phenoxy) is 2. The van der Waals surface area contributed by atoms with E-state index in [1.807, 2.05) is 37.3 Å². The van der Waals surface area contributed by atoms with Gasteiger partial charge in [0.05, 0.1) is 6.10 Å². The summed E-state index contributed by atoms with van der Waals surface area (Å²) in [5, 5.41) is 26.0. The van der Waals surface area contributed by atoms with E-state index in [0.29, 0.717) is 18.4 Å². The van der Waals surface area contributed by atoms with Gasteiger partial charge in [0, 0.05) is 30.7 Å². The summed E-state index contributed by atoms with van der Waals surface area (Å²) in [5.41, 5.74) is -1.60. The van der Waals surface area contributed by atoms with Crippen molar-refractivity contribution in [2.24, 2.45) is 29.1 Å². The second-order valence-corrected chi connectivity index (χ2v) is 11.7. The average Bonchev–Trinajstić information content (AvgIpc) is 3.62. The molecule has 8 heteroatoms. The lowest BCUT2D eigenvalue weighted by Gasteiger charge is -2.52. The molecule has 3 fully saturated rings. The lowest BCUT2D eigenvalue weighted by Crippen LogP contribution is -2.62. The number of aliphatic hydroxyl groups is 2. The molecule has 1 spiro atoms. The van der Waals surface area contributed by atoms with E-state index in [0.717, 1.165) is 5.56 Å². The molecule has 2 saturated heterocycles. The van der Waals surface area contributed by atoms with E-state index in [1.54, 1.807) is 19.1 Å². The number of fused-ring (bicyclic) bond motifs is 1. The lowest BCUT2D eigenvalue weighted by molar-refractivity contribution is -0.175. The first-order valence-electron chi connectivity index (χ1n) is 13.4. The Kier molecular flexibility index (Phi) is 6.65. The molecule has 0 unspecified atom stereocenters. The molecule has 8 nitrogen and oxygen atoms in total. The maximum atomic E-state index is 14.3. The van der Waals surface area contributed by atoms with E-state index in [9.17, 15) is 24.6 Å². The van der Waals surface area contributed by atoms with Gasteiger partial charge in [-0.3, -0.25) is 14.4 Å². The molecule has 1 amide bonds. The van der Waals surface area contributed by atoms with Crippen LogP contribution in [0, 0.1) is 29.1 Å². The summed E-state index contributed by atoms with van der Waals surface area (Å²) in [7, 11) is 0. The maximum Gasteiger partial charge on any atom is 0.303 e. The van der Waals surface area contributed by atoms with Gasteiger partial charge in [0.2, 0.25) is 5.91 Å². The van der Waals surface area contributed by atoms with Crippen molar-refractivity contribution in [1.29, 1.82) is 0 Å². The van der Waals surface area contributed by atoms with Crippen molar-refractivity contribution in [2.45, 2.75) is 76.6 Å². The summed E-state index contributed by atoms with van der Waals surface area (Å²) in [5.74, 6) is -3.34. The van der Waals surface area contributed by atoms with E-state index >= 15 is 0 Å². The van der Waals surface area contributed by atoms with Crippen molar-refractivity contribution in [3.8, 4) is 0 Å². The monoisotopic (exact) mass is 523 g/mol. The van der Waals surface area contributed by atoms with Crippen molar-refractivity contribution < 1.29 is 34.1 Å². The Morgan fingerprint density at radius 3 is 2.58 bits per heavy atom. The fourth-order valence-electron chi connectivity index (χ4n) is 7.41. The number of epoxide rings is 1. The minimum atomic E-state index is -1.83. The molecule has 4 aliphatic rings. The molecular weight excluding hydrogens is 486 g/mol. The molecule has 3 N–H and O–H groups in total. The molecule has 204 valence electrons. The predicted molar refractivity (Wildman–Crippen MR) is 139 cm³/mol. The van der Waals surface area contributed by atoms with Crippen molar-refractivity contribution >= 4 is 17.7 Å². The number of benzene rings is 1. The van der Waals surface area contributed by atoms with Crippen LogP contribution < -0.4 is 5.32 Å². The third-order valence-corrected chi connectivity index (χ3v) is 9.31. The lowest BCUT2D eigenvalue weighted by atomic mass is 9.51. The topological polar surface area (TPSA) is 125 Å². The van der Waals surface area contributed by atoms with E-state index in [2.05, 4.69) is 11.9 Å². The zero-order chi connectivity index (χ0) is 27.6. The second kappa shape index (κ2) is 9.43. The van der Waals surface area contributed by atoms with E-state index in [4.69, 9.17) is 9.47 Å². The zero-order valence-corrected chi connectivity index (χ0v) is 22.3. The van der Waals surface area contributed by atoms with Crippen LogP contribution in [0.1, 0.15) is 39.7 Å². The van der Waals surface area contributed by atoms with Crippen LogP contribution >= 0.6 is 0 Å². The number of hydrogen-bond donors (Lipinski definition) is 3. The summed E-state index contributed by atoms with van der Waals surface area (Å²) in [6.07, 6.45) is 0.350. The van der Waals surface area contributed by atoms with E-state index in [1.165, 1.54) is 13.8 Å². The Hall–Kier alpha value is -2.81. The van der Waals surface area contributed by atoms with Crippen LogP contribution in [0.5, 0.6) is 0 Å². The van der Waals surface area contributed by atoms with Crippen LogP contribution in [0.4, 0.5) is 0 Å². The van der Waals surface area contributed by atoms with Gasteiger partial charge in [0.1, 0.15) is 29.3 Å². The number of esters is 1. The van der Waals surface area contributed by atoms with Crippen LogP contribution in [0.15, 0.2) is 54.6 Å².